The number of halogens is 3. The van der Waals surface area contributed by atoms with Gasteiger partial charge in [-0.05, 0) is 37.5 Å². The normalized spacial score (nSPS) is 11.8. The third-order valence-corrected chi connectivity index (χ3v) is 3.37. The summed E-state index contributed by atoms with van der Waals surface area (Å²) in [6.45, 7) is 5.96. The minimum Gasteiger partial charge on any atom is -0.496 e. The molecule has 0 radical (unpaired) electrons. The summed E-state index contributed by atoms with van der Waals surface area (Å²) in [4.78, 5) is 0. The standard InChI is InChI=1S/C12H15ClF2O/c1-6-7(2)11(16-5)9(12(4,14)15)8(3)10(6)13/h1-5H3. The molecule has 0 fully saturated rings. The molecule has 90 valence electrons. The lowest BCUT2D eigenvalue weighted by Crippen LogP contribution is -2.13. The van der Waals surface area contributed by atoms with Gasteiger partial charge in [0.25, 0.3) is 5.92 Å². The third-order valence-electron chi connectivity index (χ3n) is 2.81. The second kappa shape index (κ2) is 4.21. The van der Waals surface area contributed by atoms with E-state index in [0.717, 1.165) is 12.5 Å². The van der Waals surface area contributed by atoms with Crippen LogP contribution < -0.4 is 4.74 Å². The Morgan fingerprint density at radius 2 is 1.56 bits per heavy atom. The van der Waals surface area contributed by atoms with E-state index in [1.807, 2.05) is 0 Å². The summed E-state index contributed by atoms with van der Waals surface area (Å²) in [5, 5.41) is 0.384. The molecule has 0 unspecified atom stereocenters. The van der Waals surface area contributed by atoms with Crippen molar-refractivity contribution in [2.75, 3.05) is 7.11 Å². The van der Waals surface area contributed by atoms with Crippen molar-refractivity contribution < 1.29 is 13.5 Å². The summed E-state index contributed by atoms with van der Waals surface area (Å²) in [6, 6.07) is 0. The lowest BCUT2D eigenvalue weighted by molar-refractivity contribution is 0.0143. The smallest absolute Gasteiger partial charge is 0.274 e. The summed E-state index contributed by atoms with van der Waals surface area (Å²) in [5.41, 5.74) is 1.70. The maximum absolute atomic E-state index is 13.5. The maximum Gasteiger partial charge on any atom is 0.274 e. The molecule has 16 heavy (non-hydrogen) atoms. The molecule has 1 aromatic carbocycles. The second-order valence-electron chi connectivity index (χ2n) is 3.99. The molecule has 0 N–H and O–H groups in total. The molecule has 0 saturated heterocycles. The fourth-order valence-corrected chi connectivity index (χ4v) is 2.10. The largest absolute Gasteiger partial charge is 0.496 e. The first kappa shape index (κ1) is 13.2. The maximum atomic E-state index is 13.5. The van der Waals surface area contributed by atoms with Crippen LogP contribution >= 0.6 is 11.6 Å². The van der Waals surface area contributed by atoms with Crippen LogP contribution in [0.4, 0.5) is 8.78 Å². The fourth-order valence-electron chi connectivity index (χ4n) is 1.87. The van der Waals surface area contributed by atoms with Crippen LogP contribution in [-0.4, -0.2) is 7.11 Å². The average molecular weight is 249 g/mol. The monoisotopic (exact) mass is 248 g/mol. The Balaban J connectivity index is 3.72. The van der Waals surface area contributed by atoms with E-state index in [4.69, 9.17) is 16.3 Å². The zero-order valence-corrected chi connectivity index (χ0v) is 10.8. The number of benzene rings is 1. The van der Waals surface area contributed by atoms with Gasteiger partial charge in [-0.15, -0.1) is 0 Å². The van der Waals surface area contributed by atoms with Crippen LogP contribution in [-0.2, 0) is 5.92 Å². The van der Waals surface area contributed by atoms with Gasteiger partial charge in [-0.25, -0.2) is 8.78 Å². The number of rotatable bonds is 2. The summed E-state index contributed by atoms with van der Waals surface area (Å²) < 4.78 is 32.1. The minimum atomic E-state index is -2.96. The number of ether oxygens (including phenoxy) is 1. The molecule has 1 rings (SSSR count). The van der Waals surface area contributed by atoms with Gasteiger partial charge in [-0.2, -0.15) is 0 Å². The van der Waals surface area contributed by atoms with E-state index in [0.29, 0.717) is 16.1 Å². The van der Waals surface area contributed by atoms with Gasteiger partial charge in [0.2, 0.25) is 0 Å². The molecule has 4 heteroatoms. The van der Waals surface area contributed by atoms with Crippen molar-refractivity contribution in [1.29, 1.82) is 0 Å². The highest BCUT2D eigenvalue weighted by Crippen LogP contribution is 2.43. The molecule has 0 aliphatic rings. The Kier molecular flexibility index (Phi) is 3.48. The van der Waals surface area contributed by atoms with E-state index >= 15 is 0 Å². The zero-order chi connectivity index (χ0) is 12.7. The molecule has 0 atom stereocenters. The number of hydrogen-bond acceptors (Lipinski definition) is 1. The number of hydrogen-bond donors (Lipinski definition) is 0. The van der Waals surface area contributed by atoms with Crippen LogP contribution in [0.1, 0.15) is 29.2 Å². The van der Waals surface area contributed by atoms with Gasteiger partial charge in [-0.3, -0.25) is 0 Å². The molecule has 0 heterocycles. The summed E-state index contributed by atoms with van der Waals surface area (Å²) >= 11 is 6.03. The molecule has 0 aromatic heterocycles. The van der Waals surface area contributed by atoms with E-state index in [-0.39, 0.29) is 11.3 Å². The third kappa shape index (κ3) is 2.01. The van der Waals surface area contributed by atoms with Crippen LogP contribution in [0.3, 0.4) is 0 Å². The average Bonchev–Trinajstić information content (AvgIpc) is 2.18. The molecule has 0 aliphatic heterocycles. The first-order valence-corrected chi connectivity index (χ1v) is 5.31. The van der Waals surface area contributed by atoms with Gasteiger partial charge in [0.15, 0.2) is 0 Å². The van der Waals surface area contributed by atoms with E-state index in [2.05, 4.69) is 0 Å². The van der Waals surface area contributed by atoms with Crippen molar-refractivity contribution in [3.05, 3.63) is 27.3 Å². The first-order valence-electron chi connectivity index (χ1n) is 4.93. The predicted molar refractivity (Wildman–Crippen MR) is 61.8 cm³/mol. The quantitative estimate of drug-likeness (QED) is 0.754. The van der Waals surface area contributed by atoms with Crippen LogP contribution in [0.25, 0.3) is 0 Å². The Morgan fingerprint density at radius 1 is 1.06 bits per heavy atom. The Labute approximate surface area is 99.4 Å². The number of methoxy groups -OCH3 is 1. The van der Waals surface area contributed by atoms with Crippen LogP contribution in [0.5, 0.6) is 5.75 Å². The van der Waals surface area contributed by atoms with Crippen molar-refractivity contribution in [1.82, 2.24) is 0 Å². The molecule has 1 aromatic rings. The van der Waals surface area contributed by atoms with Crippen LogP contribution in [0.15, 0.2) is 0 Å². The Bertz CT molecular complexity index is 422. The van der Waals surface area contributed by atoms with Gasteiger partial charge in [0.05, 0.1) is 12.7 Å². The van der Waals surface area contributed by atoms with Crippen molar-refractivity contribution >= 4 is 11.6 Å². The molecular weight excluding hydrogens is 234 g/mol. The summed E-state index contributed by atoms with van der Waals surface area (Å²) in [5.74, 6) is -2.73. The van der Waals surface area contributed by atoms with E-state index in [9.17, 15) is 8.78 Å². The highest BCUT2D eigenvalue weighted by Gasteiger charge is 2.33. The van der Waals surface area contributed by atoms with Crippen molar-refractivity contribution in [2.24, 2.45) is 0 Å². The minimum absolute atomic E-state index is 0.122. The van der Waals surface area contributed by atoms with Crippen molar-refractivity contribution in [2.45, 2.75) is 33.6 Å². The van der Waals surface area contributed by atoms with E-state index in [1.54, 1.807) is 20.8 Å². The molecule has 0 bridgehead atoms. The van der Waals surface area contributed by atoms with E-state index in [1.165, 1.54) is 7.11 Å². The molecular formula is C12H15ClF2O. The lowest BCUT2D eigenvalue weighted by Gasteiger charge is -2.22. The SMILES string of the molecule is COc1c(C)c(C)c(Cl)c(C)c1C(C)(F)F. The fraction of sp³-hybridized carbons (Fsp3) is 0.500. The lowest BCUT2D eigenvalue weighted by atomic mass is 9.95. The summed E-state index contributed by atoms with van der Waals surface area (Å²) in [6.07, 6.45) is 0. The van der Waals surface area contributed by atoms with Crippen LogP contribution in [0, 0.1) is 20.8 Å². The van der Waals surface area contributed by atoms with Gasteiger partial charge >= 0.3 is 0 Å². The number of alkyl halides is 2. The summed E-state index contributed by atoms with van der Waals surface area (Å²) in [7, 11) is 1.39. The Hall–Kier alpha value is -0.830. The molecule has 0 amide bonds. The zero-order valence-electron chi connectivity index (χ0n) is 10.0. The van der Waals surface area contributed by atoms with Crippen molar-refractivity contribution in [3.8, 4) is 5.75 Å². The predicted octanol–water partition coefficient (Wildman–Crippen LogP) is 4.39. The molecule has 0 aliphatic carbocycles. The van der Waals surface area contributed by atoms with Crippen molar-refractivity contribution in [3.63, 3.8) is 0 Å². The van der Waals surface area contributed by atoms with Gasteiger partial charge < -0.3 is 4.74 Å². The topological polar surface area (TPSA) is 9.23 Å². The highest BCUT2D eigenvalue weighted by molar-refractivity contribution is 6.32. The van der Waals surface area contributed by atoms with Crippen LogP contribution in [0.2, 0.25) is 5.02 Å². The van der Waals surface area contributed by atoms with Gasteiger partial charge in [0.1, 0.15) is 5.75 Å². The van der Waals surface area contributed by atoms with Gasteiger partial charge in [-0.1, -0.05) is 11.6 Å². The Morgan fingerprint density at radius 3 is 1.94 bits per heavy atom. The van der Waals surface area contributed by atoms with Gasteiger partial charge in [0, 0.05) is 11.9 Å². The molecule has 0 spiro atoms. The second-order valence-corrected chi connectivity index (χ2v) is 4.36. The molecule has 0 saturated carbocycles. The van der Waals surface area contributed by atoms with E-state index < -0.39 is 5.92 Å². The highest BCUT2D eigenvalue weighted by atomic mass is 35.5. The molecule has 1 nitrogen and oxygen atoms in total. The first-order chi connectivity index (χ1) is 7.21.